The minimum Gasteiger partial charge on any atom is -0.267 e. The van der Waals surface area contributed by atoms with E-state index in [1.54, 1.807) is 2.17 Å². The standard InChI is InChI=1S/C7H4INOS/c8-9-7(10)5-3-1-2-4-6(5)11-9/h1-4H. The Labute approximate surface area is 81.1 Å². The first-order chi connectivity index (χ1) is 5.29. The molecule has 0 saturated heterocycles. The van der Waals surface area contributed by atoms with Crippen molar-refractivity contribution < 1.29 is 0 Å². The summed E-state index contributed by atoms with van der Waals surface area (Å²) in [4.78, 5) is 11.3. The third kappa shape index (κ3) is 1.10. The fourth-order valence-electron chi connectivity index (χ4n) is 0.945. The summed E-state index contributed by atoms with van der Waals surface area (Å²) in [5.74, 6) is 0. The maximum atomic E-state index is 11.3. The van der Waals surface area contributed by atoms with Gasteiger partial charge >= 0.3 is 0 Å². The highest BCUT2D eigenvalue weighted by molar-refractivity contribution is 14.1. The highest BCUT2D eigenvalue weighted by atomic mass is 127. The van der Waals surface area contributed by atoms with Crippen LogP contribution in [0.1, 0.15) is 0 Å². The van der Waals surface area contributed by atoms with Gasteiger partial charge in [0.1, 0.15) is 0 Å². The van der Waals surface area contributed by atoms with Crippen molar-refractivity contribution in [2.75, 3.05) is 0 Å². The smallest absolute Gasteiger partial charge is 0.267 e. The van der Waals surface area contributed by atoms with Crippen LogP contribution in [0.25, 0.3) is 10.1 Å². The van der Waals surface area contributed by atoms with Gasteiger partial charge in [0.15, 0.2) is 0 Å². The molecule has 0 bridgehead atoms. The Morgan fingerprint density at radius 3 is 2.82 bits per heavy atom. The van der Waals surface area contributed by atoms with Gasteiger partial charge in [-0.2, -0.15) is 0 Å². The Kier molecular flexibility index (Phi) is 1.72. The van der Waals surface area contributed by atoms with Gasteiger partial charge in [0.05, 0.1) is 33.0 Å². The zero-order valence-electron chi connectivity index (χ0n) is 5.45. The highest BCUT2D eigenvalue weighted by Crippen LogP contribution is 2.16. The van der Waals surface area contributed by atoms with E-state index >= 15 is 0 Å². The molecule has 2 rings (SSSR count). The summed E-state index contributed by atoms with van der Waals surface area (Å²) in [5.41, 5.74) is 0.0891. The summed E-state index contributed by atoms with van der Waals surface area (Å²) in [6.45, 7) is 0. The van der Waals surface area contributed by atoms with E-state index in [-0.39, 0.29) is 5.56 Å². The molecule has 1 heterocycles. The van der Waals surface area contributed by atoms with Crippen molar-refractivity contribution in [3.05, 3.63) is 34.6 Å². The van der Waals surface area contributed by atoms with Crippen molar-refractivity contribution in [1.82, 2.24) is 2.17 Å². The first kappa shape index (κ1) is 7.30. The van der Waals surface area contributed by atoms with Gasteiger partial charge in [-0.1, -0.05) is 12.1 Å². The van der Waals surface area contributed by atoms with Crippen LogP contribution in [0.3, 0.4) is 0 Å². The molecule has 0 aliphatic carbocycles. The lowest BCUT2D eigenvalue weighted by Gasteiger charge is -1.79. The zero-order valence-corrected chi connectivity index (χ0v) is 8.43. The molecule has 0 N–H and O–H groups in total. The summed E-state index contributed by atoms with van der Waals surface area (Å²) in [6.07, 6.45) is 0. The molecule has 11 heavy (non-hydrogen) atoms. The Morgan fingerprint density at radius 1 is 1.36 bits per heavy atom. The van der Waals surface area contributed by atoms with Crippen molar-refractivity contribution in [3.63, 3.8) is 0 Å². The number of hydrogen-bond donors (Lipinski definition) is 0. The average molecular weight is 277 g/mol. The molecule has 0 aliphatic rings. The van der Waals surface area contributed by atoms with Gasteiger partial charge in [0.2, 0.25) is 0 Å². The molecule has 0 amide bonds. The van der Waals surface area contributed by atoms with Crippen LogP contribution in [0.2, 0.25) is 0 Å². The largest absolute Gasteiger partial charge is 0.277 e. The lowest BCUT2D eigenvalue weighted by atomic mass is 10.3. The summed E-state index contributed by atoms with van der Waals surface area (Å²) in [6, 6.07) is 7.63. The number of nitrogens with zero attached hydrogens (tertiary/aromatic N) is 1. The summed E-state index contributed by atoms with van der Waals surface area (Å²) in [7, 11) is 0. The molecule has 1 aromatic carbocycles. The Morgan fingerprint density at radius 2 is 2.09 bits per heavy atom. The number of fused-ring (bicyclic) bond motifs is 1. The van der Waals surface area contributed by atoms with Gasteiger partial charge in [-0.3, -0.25) is 4.79 Å². The average Bonchev–Trinajstić information content (AvgIpc) is 2.30. The number of halogens is 1. The number of benzene rings is 1. The molecule has 0 fully saturated rings. The fraction of sp³-hybridized carbons (Fsp3) is 0. The Bertz CT molecular complexity index is 445. The van der Waals surface area contributed by atoms with Crippen molar-refractivity contribution in [3.8, 4) is 0 Å². The molecule has 0 radical (unpaired) electrons. The fourth-order valence-corrected chi connectivity index (χ4v) is 2.59. The van der Waals surface area contributed by atoms with Gasteiger partial charge in [-0.25, -0.2) is 2.17 Å². The van der Waals surface area contributed by atoms with E-state index in [1.165, 1.54) is 11.5 Å². The topological polar surface area (TPSA) is 22.0 Å². The monoisotopic (exact) mass is 277 g/mol. The number of rotatable bonds is 0. The predicted octanol–water partition coefficient (Wildman–Crippen LogP) is 2.26. The predicted molar refractivity (Wildman–Crippen MR) is 55.5 cm³/mol. The molecule has 0 atom stereocenters. The molecular weight excluding hydrogens is 273 g/mol. The summed E-state index contributed by atoms with van der Waals surface area (Å²) < 4.78 is 2.66. The van der Waals surface area contributed by atoms with Crippen LogP contribution in [0.4, 0.5) is 0 Å². The van der Waals surface area contributed by atoms with Crippen molar-refractivity contribution in [1.29, 1.82) is 0 Å². The van der Waals surface area contributed by atoms with Gasteiger partial charge in [0.25, 0.3) is 5.56 Å². The van der Waals surface area contributed by atoms with Crippen LogP contribution in [-0.4, -0.2) is 2.17 Å². The highest BCUT2D eigenvalue weighted by Gasteiger charge is 2.02. The maximum absolute atomic E-state index is 11.3. The molecule has 4 heteroatoms. The molecule has 1 aromatic heterocycles. The Hall–Kier alpha value is -0.360. The van der Waals surface area contributed by atoms with Crippen LogP contribution in [0.15, 0.2) is 29.1 Å². The van der Waals surface area contributed by atoms with Crippen LogP contribution in [-0.2, 0) is 0 Å². The second-order valence-electron chi connectivity index (χ2n) is 2.14. The first-order valence-corrected chi connectivity index (χ1v) is 4.80. The first-order valence-electron chi connectivity index (χ1n) is 3.06. The van der Waals surface area contributed by atoms with Crippen LogP contribution < -0.4 is 5.56 Å². The van der Waals surface area contributed by atoms with Gasteiger partial charge in [-0.15, -0.1) is 0 Å². The van der Waals surface area contributed by atoms with Gasteiger partial charge in [-0.05, 0) is 23.7 Å². The van der Waals surface area contributed by atoms with Gasteiger partial charge < -0.3 is 0 Å². The van der Waals surface area contributed by atoms with Crippen molar-refractivity contribution >= 4 is 44.5 Å². The Balaban J connectivity index is 3.04. The van der Waals surface area contributed by atoms with E-state index < -0.39 is 0 Å². The van der Waals surface area contributed by atoms with Crippen LogP contribution >= 0.6 is 34.4 Å². The zero-order chi connectivity index (χ0) is 7.84. The third-order valence-corrected chi connectivity index (χ3v) is 3.36. The van der Waals surface area contributed by atoms with E-state index in [2.05, 4.69) is 0 Å². The minimum atomic E-state index is 0.0891. The summed E-state index contributed by atoms with van der Waals surface area (Å²) in [5, 5.41) is 0.812. The van der Waals surface area contributed by atoms with Crippen molar-refractivity contribution in [2.45, 2.75) is 0 Å². The molecular formula is C7H4INOS. The van der Waals surface area contributed by atoms with Crippen LogP contribution in [0, 0.1) is 0 Å². The molecule has 2 nitrogen and oxygen atoms in total. The molecule has 2 aromatic rings. The second kappa shape index (κ2) is 2.60. The molecule has 0 aliphatic heterocycles. The van der Waals surface area contributed by atoms with E-state index in [0.29, 0.717) is 0 Å². The second-order valence-corrected chi connectivity index (χ2v) is 4.74. The molecule has 56 valence electrons. The maximum Gasteiger partial charge on any atom is 0.277 e. The third-order valence-electron chi connectivity index (χ3n) is 1.46. The van der Waals surface area contributed by atoms with E-state index in [4.69, 9.17) is 0 Å². The van der Waals surface area contributed by atoms with E-state index in [1.807, 2.05) is 47.1 Å². The number of aromatic nitrogens is 1. The summed E-state index contributed by atoms with van der Waals surface area (Å²) >= 11 is 3.47. The molecule has 0 unspecified atom stereocenters. The van der Waals surface area contributed by atoms with E-state index in [9.17, 15) is 4.79 Å². The van der Waals surface area contributed by atoms with Crippen LogP contribution in [0.5, 0.6) is 0 Å². The minimum absolute atomic E-state index is 0.0891. The normalized spacial score (nSPS) is 10.6. The number of hydrogen-bond acceptors (Lipinski definition) is 2. The lowest BCUT2D eigenvalue weighted by Crippen LogP contribution is -2.02. The molecule has 0 spiro atoms. The van der Waals surface area contributed by atoms with E-state index in [0.717, 1.165) is 10.1 Å². The SMILES string of the molecule is O=c1c2ccccc2sn1I. The quantitative estimate of drug-likeness (QED) is 0.677. The van der Waals surface area contributed by atoms with Crippen molar-refractivity contribution in [2.24, 2.45) is 0 Å². The van der Waals surface area contributed by atoms with Gasteiger partial charge in [0, 0.05) is 0 Å². The lowest BCUT2D eigenvalue weighted by molar-refractivity contribution is 1.42. The molecule has 0 saturated carbocycles.